The van der Waals surface area contributed by atoms with E-state index in [9.17, 15) is 20.0 Å². The highest BCUT2D eigenvalue weighted by atomic mass is 79.9. The summed E-state index contributed by atoms with van der Waals surface area (Å²) >= 11 is 3.08. The van der Waals surface area contributed by atoms with Gasteiger partial charge in [-0.05, 0) is 49.7 Å². The van der Waals surface area contributed by atoms with E-state index in [0.717, 1.165) is 0 Å². The zero-order valence-corrected chi connectivity index (χ0v) is 13.3. The van der Waals surface area contributed by atoms with Gasteiger partial charge in [0, 0.05) is 6.07 Å². The van der Waals surface area contributed by atoms with Crippen molar-refractivity contribution in [3.05, 3.63) is 38.3 Å². The molecule has 6 nitrogen and oxygen atoms in total. The van der Waals surface area contributed by atoms with Gasteiger partial charge < -0.3 is 10.4 Å². The van der Waals surface area contributed by atoms with Crippen molar-refractivity contribution in [2.24, 2.45) is 0 Å². The summed E-state index contributed by atoms with van der Waals surface area (Å²) in [5, 5.41) is 23.5. The molecule has 1 amide bonds. The Morgan fingerprint density at radius 1 is 1.35 bits per heavy atom. The van der Waals surface area contributed by atoms with Gasteiger partial charge in [-0.3, -0.25) is 14.9 Å². The quantitative estimate of drug-likeness (QED) is 0.648. The summed E-state index contributed by atoms with van der Waals surface area (Å²) in [7, 11) is 0. The van der Waals surface area contributed by atoms with Gasteiger partial charge in [0.15, 0.2) is 0 Å². The van der Waals surface area contributed by atoms with Gasteiger partial charge in [-0.15, -0.1) is 0 Å². The van der Waals surface area contributed by atoms with Gasteiger partial charge in [-0.1, -0.05) is 6.07 Å². The molecule has 0 atom stereocenters. The second-order valence-corrected chi connectivity index (χ2v) is 6.33. The lowest BCUT2D eigenvalue weighted by molar-refractivity contribution is -0.385. The van der Waals surface area contributed by atoms with Crippen molar-refractivity contribution in [1.82, 2.24) is 5.32 Å². The minimum absolute atomic E-state index is 0.119. The van der Waals surface area contributed by atoms with Gasteiger partial charge in [0.05, 0.1) is 21.6 Å². The number of amides is 1. The predicted octanol–water partition coefficient (Wildman–Crippen LogP) is 2.64. The van der Waals surface area contributed by atoms with E-state index in [-0.39, 0.29) is 15.7 Å². The largest absolute Gasteiger partial charge is 0.388 e. The third kappa shape index (κ3) is 3.34. The molecule has 0 aliphatic rings. The Balaban J connectivity index is 3.12. The number of hydrogen-bond donors (Lipinski definition) is 2. The van der Waals surface area contributed by atoms with Crippen molar-refractivity contribution >= 4 is 27.5 Å². The first-order chi connectivity index (χ1) is 8.97. The van der Waals surface area contributed by atoms with Crippen molar-refractivity contribution in [2.45, 2.75) is 38.8 Å². The van der Waals surface area contributed by atoms with Gasteiger partial charge in [-0.25, -0.2) is 0 Å². The first kappa shape index (κ1) is 16.6. The highest BCUT2D eigenvalue weighted by Crippen LogP contribution is 2.29. The summed E-state index contributed by atoms with van der Waals surface area (Å²) in [6.45, 7) is 6.51. The molecule has 0 fully saturated rings. The predicted molar refractivity (Wildman–Crippen MR) is 78.6 cm³/mol. The zero-order valence-electron chi connectivity index (χ0n) is 11.7. The number of rotatable bonds is 4. The molecule has 0 saturated heterocycles. The maximum Gasteiger partial charge on any atom is 0.284 e. The van der Waals surface area contributed by atoms with Crippen molar-refractivity contribution in [1.29, 1.82) is 0 Å². The first-order valence-corrected chi connectivity index (χ1v) is 6.74. The third-order valence-electron chi connectivity index (χ3n) is 3.38. The van der Waals surface area contributed by atoms with E-state index in [0.29, 0.717) is 0 Å². The molecule has 1 rings (SSSR count). The summed E-state index contributed by atoms with van der Waals surface area (Å²) < 4.78 is 0.119. The smallest absolute Gasteiger partial charge is 0.284 e. The Bertz CT molecular complexity index is 550. The number of carbonyl (C=O) groups is 1. The molecular formula is C13H17BrN2O4. The van der Waals surface area contributed by atoms with Crippen LogP contribution in [0.25, 0.3) is 0 Å². The summed E-state index contributed by atoms with van der Waals surface area (Å²) in [5.74, 6) is -0.493. The minimum atomic E-state index is -1.14. The van der Waals surface area contributed by atoms with Crippen LogP contribution in [0.5, 0.6) is 0 Å². The molecule has 0 aliphatic heterocycles. The molecule has 0 aromatic heterocycles. The van der Waals surface area contributed by atoms with Crippen LogP contribution in [0, 0.1) is 10.1 Å². The molecule has 0 bridgehead atoms. The van der Waals surface area contributed by atoms with E-state index in [1.165, 1.54) is 18.2 Å². The van der Waals surface area contributed by atoms with E-state index in [4.69, 9.17) is 0 Å². The summed E-state index contributed by atoms with van der Waals surface area (Å²) in [6.07, 6.45) is 0. The minimum Gasteiger partial charge on any atom is -0.388 e. The molecule has 1 aromatic rings. The second-order valence-electron chi connectivity index (χ2n) is 5.53. The normalized spacial score (nSPS) is 12.1. The van der Waals surface area contributed by atoms with Crippen LogP contribution in [-0.4, -0.2) is 27.1 Å². The SMILES string of the molecule is CC(C)(O)C(C)(C)NC(=O)c1cccc([N+](=O)[O-])c1Br. The standard InChI is InChI=1S/C13H17BrN2O4/c1-12(2,13(3,4)18)15-11(17)8-6-5-7-9(10(8)14)16(19)20/h5-7,18H,1-4H3,(H,15,17). The second kappa shape index (κ2) is 5.49. The molecule has 0 radical (unpaired) electrons. The van der Waals surface area contributed by atoms with Crippen molar-refractivity contribution < 1.29 is 14.8 Å². The molecule has 0 spiro atoms. The average Bonchev–Trinajstić information content (AvgIpc) is 2.26. The van der Waals surface area contributed by atoms with E-state index in [1.54, 1.807) is 27.7 Å². The fraction of sp³-hybridized carbons (Fsp3) is 0.462. The lowest BCUT2D eigenvalue weighted by Crippen LogP contribution is -2.57. The topological polar surface area (TPSA) is 92.5 Å². The zero-order chi connectivity index (χ0) is 15.7. The van der Waals surface area contributed by atoms with Gasteiger partial charge in [0.2, 0.25) is 0 Å². The van der Waals surface area contributed by atoms with Crippen LogP contribution in [0.4, 0.5) is 5.69 Å². The van der Waals surface area contributed by atoms with Crippen molar-refractivity contribution in [2.75, 3.05) is 0 Å². The molecular weight excluding hydrogens is 328 g/mol. The van der Waals surface area contributed by atoms with Gasteiger partial charge >= 0.3 is 0 Å². The van der Waals surface area contributed by atoms with E-state index < -0.39 is 22.0 Å². The fourth-order valence-electron chi connectivity index (χ4n) is 1.34. The monoisotopic (exact) mass is 344 g/mol. The average molecular weight is 345 g/mol. The highest BCUT2D eigenvalue weighted by molar-refractivity contribution is 9.10. The number of hydrogen-bond acceptors (Lipinski definition) is 4. The lowest BCUT2D eigenvalue weighted by Gasteiger charge is -2.38. The fourth-order valence-corrected chi connectivity index (χ4v) is 1.93. The van der Waals surface area contributed by atoms with Gasteiger partial charge in [0.1, 0.15) is 4.47 Å². The summed E-state index contributed by atoms with van der Waals surface area (Å²) in [4.78, 5) is 22.5. The Morgan fingerprint density at radius 2 is 1.90 bits per heavy atom. The highest BCUT2D eigenvalue weighted by Gasteiger charge is 2.37. The van der Waals surface area contributed by atoms with Gasteiger partial charge in [-0.2, -0.15) is 0 Å². The Labute approximate surface area is 125 Å². The van der Waals surface area contributed by atoms with Crippen LogP contribution < -0.4 is 5.32 Å². The molecule has 0 heterocycles. The number of halogens is 1. The Morgan fingerprint density at radius 3 is 2.35 bits per heavy atom. The molecule has 0 unspecified atom stereocenters. The molecule has 20 heavy (non-hydrogen) atoms. The first-order valence-electron chi connectivity index (χ1n) is 5.95. The van der Waals surface area contributed by atoms with E-state index in [1.807, 2.05) is 0 Å². The van der Waals surface area contributed by atoms with Crippen LogP contribution in [0.3, 0.4) is 0 Å². The van der Waals surface area contributed by atoms with E-state index in [2.05, 4.69) is 21.2 Å². The number of nitro benzene ring substituents is 1. The number of aliphatic hydroxyl groups is 1. The van der Waals surface area contributed by atoms with Crippen LogP contribution in [0.1, 0.15) is 38.1 Å². The number of benzene rings is 1. The Hall–Kier alpha value is -1.47. The lowest BCUT2D eigenvalue weighted by atomic mass is 9.85. The summed E-state index contributed by atoms with van der Waals surface area (Å²) in [6, 6.07) is 4.23. The van der Waals surface area contributed by atoms with Crippen LogP contribution in [0.15, 0.2) is 22.7 Å². The van der Waals surface area contributed by atoms with Crippen LogP contribution in [-0.2, 0) is 0 Å². The number of nitrogens with one attached hydrogen (secondary N) is 1. The van der Waals surface area contributed by atoms with Crippen molar-refractivity contribution in [3.8, 4) is 0 Å². The molecule has 0 saturated carbocycles. The number of nitro groups is 1. The molecule has 0 aliphatic carbocycles. The maximum absolute atomic E-state index is 12.2. The van der Waals surface area contributed by atoms with Crippen LogP contribution in [0.2, 0.25) is 0 Å². The molecule has 110 valence electrons. The summed E-state index contributed by atoms with van der Waals surface area (Å²) in [5.41, 5.74) is -2.07. The van der Waals surface area contributed by atoms with Crippen LogP contribution >= 0.6 is 15.9 Å². The maximum atomic E-state index is 12.2. The Kier molecular flexibility index (Phi) is 4.55. The van der Waals surface area contributed by atoms with E-state index >= 15 is 0 Å². The van der Waals surface area contributed by atoms with Crippen molar-refractivity contribution in [3.63, 3.8) is 0 Å². The molecule has 7 heteroatoms. The number of nitrogens with zero attached hydrogens (tertiary/aromatic N) is 1. The molecule has 2 N–H and O–H groups in total. The third-order valence-corrected chi connectivity index (χ3v) is 4.21. The number of carbonyl (C=O) groups excluding carboxylic acids is 1. The molecule has 1 aromatic carbocycles. The van der Waals surface area contributed by atoms with Gasteiger partial charge in [0.25, 0.3) is 11.6 Å².